The fourth-order valence-electron chi connectivity index (χ4n) is 1.78. The lowest BCUT2D eigenvalue weighted by Crippen LogP contribution is -1.81. The Morgan fingerprint density at radius 2 is 2.00 bits per heavy atom. The van der Waals surface area contributed by atoms with Crippen molar-refractivity contribution in [1.29, 1.82) is 0 Å². The Bertz CT molecular complexity index is 724. The third-order valence-electron chi connectivity index (χ3n) is 2.63. The highest BCUT2D eigenvalue weighted by Gasteiger charge is 2.00. The summed E-state index contributed by atoms with van der Waals surface area (Å²) in [7, 11) is 2.66. The number of hydrogen-bond acceptors (Lipinski definition) is 3. The molecule has 90 valence electrons. The van der Waals surface area contributed by atoms with Crippen LogP contribution in [0.25, 0.3) is 22.4 Å². The van der Waals surface area contributed by atoms with Gasteiger partial charge in [-0.15, -0.1) is 22.7 Å². The zero-order valence-electron chi connectivity index (χ0n) is 9.88. The molecular formula is C14H12NPS2. The minimum atomic E-state index is 1.04. The molecule has 0 saturated heterocycles. The second kappa shape index (κ2) is 4.93. The van der Waals surface area contributed by atoms with Gasteiger partial charge >= 0.3 is 0 Å². The van der Waals surface area contributed by atoms with Gasteiger partial charge in [-0.25, -0.2) is 4.98 Å². The second-order valence-corrected chi connectivity index (χ2v) is 7.41. The van der Waals surface area contributed by atoms with Crippen LogP contribution in [0.1, 0.15) is 15.3 Å². The summed E-state index contributed by atoms with van der Waals surface area (Å²) in [5.74, 6) is 0. The van der Waals surface area contributed by atoms with Crippen LogP contribution in [0.5, 0.6) is 0 Å². The summed E-state index contributed by atoms with van der Waals surface area (Å²) >= 11 is 3.53. The van der Waals surface area contributed by atoms with E-state index in [2.05, 4.69) is 63.6 Å². The molecule has 0 bridgehead atoms. The molecule has 2 heterocycles. The van der Waals surface area contributed by atoms with Gasteiger partial charge in [0.2, 0.25) is 0 Å². The van der Waals surface area contributed by atoms with Crippen LogP contribution in [0.15, 0.2) is 30.3 Å². The smallest absolute Gasteiger partial charge is 0.110 e. The van der Waals surface area contributed by atoms with E-state index in [1.807, 2.05) is 11.3 Å². The molecule has 4 heteroatoms. The number of aromatic nitrogens is 1. The van der Waals surface area contributed by atoms with Crippen molar-refractivity contribution in [2.24, 2.45) is 0 Å². The predicted molar refractivity (Wildman–Crippen MR) is 86.9 cm³/mol. The molecule has 0 amide bonds. The zero-order valence-corrected chi connectivity index (χ0v) is 12.7. The highest BCUT2D eigenvalue weighted by Crippen LogP contribution is 2.22. The Kier molecular flexibility index (Phi) is 3.29. The van der Waals surface area contributed by atoms with Crippen molar-refractivity contribution in [3.05, 3.63) is 45.6 Å². The molecule has 0 fully saturated rings. The van der Waals surface area contributed by atoms with Gasteiger partial charge in [-0.1, -0.05) is 21.4 Å². The summed E-state index contributed by atoms with van der Waals surface area (Å²) in [4.78, 5) is 7.08. The molecular weight excluding hydrogens is 277 g/mol. The molecule has 0 saturated carbocycles. The van der Waals surface area contributed by atoms with Crippen LogP contribution in [0, 0.1) is 6.92 Å². The van der Waals surface area contributed by atoms with Crippen LogP contribution < -0.4 is 4.75 Å². The van der Waals surface area contributed by atoms with Gasteiger partial charge in [0.05, 0.1) is 10.2 Å². The van der Waals surface area contributed by atoms with E-state index >= 15 is 0 Å². The van der Waals surface area contributed by atoms with Crippen LogP contribution in [0.2, 0.25) is 0 Å². The molecule has 0 N–H and O–H groups in total. The number of benzene rings is 1. The molecule has 0 spiro atoms. The van der Waals surface area contributed by atoms with Gasteiger partial charge in [0.1, 0.15) is 4.75 Å². The highest BCUT2D eigenvalue weighted by molar-refractivity contribution is 7.45. The first-order valence-corrected chi connectivity index (χ1v) is 7.82. The van der Waals surface area contributed by atoms with E-state index in [-0.39, 0.29) is 0 Å². The van der Waals surface area contributed by atoms with E-state index < -0.39 is 0 Å². The molecule has 3 rings (SSSR count). The molecule has 1 unspecified atom stereocenters. The maximum absolute atomic E-state index is 4.44. The van der Waals surface area contributed by atoms with Gasteiger partial charge in [-0.2, -0.15) is 0 Å². The molecule has 0 aliphatic rings. The summed E-state index contributed by atoms with van der Waals surface area (Å²) in [6.45, 7) is 2.13. The van der Waals surface area contributed by atoms with Crippen molar-refractivity contribution in [2.45, 2.75) is 6.92 Å². The van der Waals surface area contributed by atoms with E-state index in [1.165, 1.54) is 20.0 Å². The van der Waals surface area contributed by atoms with Crippen molar-refractivity contribution in [3.63, 3.8) is 0 Å². The average Bonchev–Trinajstić information content (AvgIpc) is 2.90. The van der Waals surface area contributed by atoms with Crippen LogP contribution in [0.4, 0.5) is 0 Å². The van der Waals surface area contributed by atoms with Crippen molar-refractivity contribution in [3.8, 4) is 0 Å². The monoisotopic (exact) mass is 289 g/mol. The van der Waals surface area contributed by atoms with Crippen LogP contribution in [-0.4, -0.2) is 4.98 Å². The van der Waals surface area contributed by atoms with Gasteiger partial charge in [-0.05, 0) is 42.8 Å². The minimum Gasteiger partial charge on any atom is -0.237 e. The fraction of sp³-hybridized carbons (Fsp3) is 0.0714. The van der Waals surface area contributed by atoms with Crippen molar-refractivity contribution < 1.29 is 0 Å². The maximum Gasteiger partial charge on any atom is 0.110 e. The lowest BCUT2D eigenvalue weighted by Gasteiger charge is -1.92. The van der Waals surface area contributed by atoms with E-state index in [1.54, 1.807) is 11.3 Å². The quantitative estimate of drug-likeness (QED) is 0.640. The van der Waals surface area contributed by atoms with Gasteiger partial charge in [0, 0.05) is 9.75 Å². The van der Waals surface area contributed by atoms with E-state index in [0.29, 0.717) is 0 Å². The SMILES string of the molecule is Cc1ccc(/C=C/c2ccc3nc(P)sc3c2)s1. The fourth-order valence-corrected chi connectivity index (χ4v) is 3.87. The number of thiazole rings is 1. The lowest BCUT2D eigenvalue weighted by atomic mass is 10.2. The van der Waals surface area contributed by atoms with Gasteiger partial charge in [0.15, 0.2) is 0 Å². The molecule has 1 nitrogen and oxygen atoms in total. The summed E-state index contributed by atoms with van der Waals surface area (Å²) in [6.07, 6.45) is 4.33. The largest absolute Gasteiger partial charge is 0.237 e. The molecule has 2 aromatic heterocycles. The third-order valence-corrected chi connectivity index (χ3v) is 4.93. The van der Waals surface area contributed by atoms with Gasteiger partial charge in [-0.3, -0.25) is 0 Å². The summed E-state index contributed by atoms with van der Waals surface area (Å²) in [5, 5.41) is 0. The normalized spacial score (nSPS) is 11.7. The van der Waals surface area contributed by atoms with E-state index in [9.17, 15) is 0 Å². The summed E-state index contributed by atoms with van der Waals surface area (Å²) < 4.78 is 2.28. The first kappa shape index (κ1) is 12.0. The Morgan fingerprint density at radius 1 is 1.11 bits per heavy atom. The molecule has 0 aliphatic heterocycles. The lowest BCUT2D eigenvalue weighted by molar-refractivity contribution is 1.55. The summed E-state index contributed by atoms with van der Waals surface area (Å²) in [6, 6.07) is 10.7. The number of rotatable bonds is 2. The maximum atomic E-state index is 4.44. The topological polar surface area (TPSA) is 12.9 Å². The van der Waals surface area contributed by atoms with Crippen molar-refractivity contribution in [1.82, 2.24) is 4.98 Å². The molecule has 3 aromatic rings. The van der Waals surface area contributed by atoms with Crippen LogP contribution in [0.3, 0.4) is 0 Å². The average molecular weight is 289 g/mol. The number of nitrogens with zero attached hydrogens (tertiary/aromatic N) is 1. The Hall–Kier alpha value is -1.02. The number of hydrogen-bond donors (Lipinski definition) is 0. The van der Waals surface area contributed by atoms with Crippen molar-refractivity contribution in [2.75, 3.05) is 0 Å². The standard InChI is InChI=1S/C14H12NPS2/c1-9-2-5-11(17-9)6-3-10-4-7-12-13(8-10)18-14(16)15-12/h2-8H,16H2,1H3/b6-3+. The third kappa shape index (κ3) is 2.54. The highest BCUT2D eigenvalue weighted by atomic mass is 32.1. The number of fused-ring (bicyclic) bond motifs is 1. The zero-order chi connectivity index (χ0) is 12.5. The van der Waals surface area contributed by atoms with Crippen LogP contribution >= 0.6 is 31.9 Å². The number of thiophene rings is 1. The van der Waals surface area contributed by atoms with Crippen LogP contribution in [-0.2, 0) is 0 Å². The molecule has 1 atom stereocenters. The Balaban J connectivity index is 1.92. The first-order valence-electron chi connectivity index (χ1n) is 5.61. The predicted octanol–water partition coefficient (Wildman–Crippen LogP) is 4.34. The minimum absolute atomic E-state index is 1.04. The van der Waals surface area contributed by atoms with E-state index in [4.69, 9.17) is 0 Å². The molecule has 0 radical (unpaired) electrons. The van der Waals surface area contributed by atoms with Crippen molar-refractivity contribution >= 4 is 59.0 Å². The molecule has 1 aromatic carbocycles. The molecule has 18 heavy (non-hydrogen) atoms. The van der Waals surface area contributed by atoms with Gasteiger partial charge < -0.3 is 0 Å². The van der Waals surface area contributed by atoms with E-state index in [0.717, 1.165) is 10.3 Å². The Labute approximate surface area is 116 Å². The molecule has 0 aliphatic carbocycles. The Morgan fingerprint density at radius 3 is 2.78 bits per heavy atom. The second-order valence-electron chi connectivity index (χ2n) is 4.06. The summed E-state index contributed by atoms with van der Waals surface area (Å²) in [5.41, 5.74) is 2.30. The first-order chi connectivity index (χ1) is 8.70. The van der Waals surface area contributed by atoms with Gasteiger partial charge in [0.25, 0.3) is 0 Å². The number of aryl methyl sites for hydroxylation is 1.